The van der Waals surface area contributed by atoms with E-state index in [2.05, 4.69) is 65.3 Å². The second-order valence-electron chi connectivity index (χ2n) is 12.4. The van der Waals surface area contributed by atoms with Gasteiger partial charge >= 0.3 is 6.09 Å². The maximum Gasteiger partial charge on any atom is 0.412 e. The summed E-state index contributed by atoms with van der Waals surface area (Å²) in [4.78, 5) is 25.9. The summed E-state index contributed by atoms with van der Waals surface area (Å²) in [5.74, 6) is 0.387. The molecule has 0 bridgehead atoms. The van der Waals surface area contributed by atoms with Crippen LogP contribution in [0, 0.1) is 0 Å². The molecule has 2 N–H and O–H groups in total. The Labute approximate surface area is 211 Å². The van der Waals surface area contributed by atoms with Crippen molar-refractivity contribution in [3.05, 3.63) is 53.6 Å². The predicted octanol–water partition coefficient (Wildman–Crippen LogP) is 7.97. The molecule has 192 valence electrons. The van der Waals surface area contributed by atoms with Crippen molar-refractivity contribution >= 4 is 31.7 Å². The van der Waals surface area contributed by atoms with Gasteiger partial charge in [0.2, 0.25) is 8.32 Å². The van der Waals surface area contributed by atoms with E-state index in [-0.39, 0.29) is 16.4 Å². The maximum atomic E-state index is 13.4. The molecule has 7 heteroatoms. The van der Waals surface area contributed by atoms with E-state index in [1.54, 1.807) is 32.9 Å². The number of benzene rings is 2. The van der Waals surface area contributed by atoms with Crippen LogP contribution in [-0.4, -0.2) is 25.9 Å². The molecule has 0 unspecified atom stereocenters. The molecule has 2 amide bonds. The van der Waals surface area contributed by atoms with Crippen LogP contribution in [0.15, 0.2) is 42.5 Å². The van der Waals surface area contributed by atoms with Crippen molar-refractivity contribution < 1.29 is 18.8 Å². The molecule has 0 aromatic heterocycles. The molecule has 0 radical (unpaired) electrons. The van der Waals surface area contributed by atoms with Gasteiger partial charge in [0.1, 0.15) is 11.4 Å². The van der Waals surface area contributed by atoms with Crippen LogP contribution in [-0.2, 0) is 10.2 Å². The topological polar surface area (TPSA) is 76.7 Å². The molecule has 0 spiro atoms. The lowest BCUT2D eigenvalue weighted by Crippen LogP contribution is -2.43. The van der Waals surface area contributed by atoms with Crippen LogP contribution in [0.25, 0.3) is 0 Å². The number of carbonyl (C=O) groups excluding carboxylic acids is 2. The van der Waals surface area contributed by atoms with Crippen LogP contribution < -0.4 is 15.1 Å². The van der Waals surface area contributed by atoms with Crippen molar-refractivity contribution in [1.29, 1.82) is 0 Å². The average Bonchev–Trinajstić information content (AvgIpc) is 2.66. The van der Waals surface area contributed by atoms with Gasteiger partial charge in [0.15, 0.2) is 0 Å². The van der Waals surface area contributed by atoms with E-state index in [0.717, 1.165) is 5.56 Å². The first-order valence-corrected chi connectivity index (χ1v) is 14.9. The molecule has 2 rings (SSSR count). The van der Waals surface area contributed by atoms with Crippen molar-refractivity contribution in [2.75, 3.05) is 10.6 Å². The second kappa shape index (κ2) is 10.1. The Morgan fingerprint density at radius 1 is 0.800 bits per heavy atom. The van der Waals surface area contributed by atoms with Crippen LogP contribution in [0.2, 0.25) is 18.1 Å². The fraction of sp³-hybridized carbons (Fsp3) is 0.500. The van der Waals surface area contributed by atoms with Gasteiger partial charge in [0, 0.05) is 11.6 Å². The number of anilines is 2. The summed E-state index contributed by atoms with van der Waals surface area (Å²) in [5.41, 5.74) is 1.54. The molecule has 2 aromatic carbocycles. The number of carbonyl (C=O) groups is 2. The number of nitrogens with one attached hydrogen (secondary N) is 2. The first kappa shape index (κ1) is 28.4. The van der Waals surface area contributed by atoms with E-state index < -0.39 is 20.0 Å². The monoisotopic (exact) mass is 498 g/mol. The molecular formula is C28H42N2O4Si. The quantitative estimate of drug-likeness (QED) is 0.410. The van der Waals surface area contributed by atoms with Crippen LogP contribution in [0.4, 0.5) is 16.2 Å². The van der Waals surface area contributed by atoms with Gasteiger partial charge < -0.3 is 14.5 Å². The summed E-state index contributed by atoms with van der Waals surface area (Å²) < 4.78 is 11.9. The zero-order valence-electron chi connectivity index (χ0n) is 23.2. The van der Waals surface area contributed by atoms with Crippen LogP contribution in [0.5, 0.6) is 5.75 Å². The molecule has 0 aliphatic heterocycles. The maximum absolute atomic E-state index is 13.4. The normalized spacial score (nSPS) is 12.7. The largest absolute Gasteiger partial charge is 0.543 e. The zero-order valence-corrected chi connectivity index (χ0v) is 24.2. The van der Waals surface area contributed by atoms with E-state index in [4.69, 9.17) is 9.16 Å². The van der Waals surface area contributed by atoms with Crippen molar-refractivity contribution in [2.45, 2.75) is 91.5 Å². The highest BCUT2D eigenvalue weighted by Gasteiger charge is 2.39. The molecular weight excluding hydrogens is 456 g/mol. The van der Waals surface area contributed by atoms with Gasteiger partial charge in [0.25, 0.3) is 5.91 Å². The molecule has 0 saturated heterocycles. The number of hydrogen-bond donors (Lipinski definition) is 2. The number of ether oxygens (including phenoxy) is 1. The fourth-order valence-electron chi connectivity index (χ4n) is 3.19. The summed E-state index contributed by atoms with van der Waals surface area (Å²) in [6, 6.07) is 12.9. The number of amides is 2. The number of rotatable bonds is 5. The minimum atomic E-state index is -2.11. The van der Waals surface area contributed by atoms with Crippen LogP contribution in [0.3, 0.4) is 0 Å². The standard InChI is InChI=1S/C28H42N2O4Si/c1-26(2,3)21-15-13-12-14-20(21)24(31)29-23-18-19(34-35(10,11)28(7,8)9)16-17-22(23)30-25(32)33-27(4,5)6/h12-18H,1-11H3,(H,29,31)(H,30,32). The Bertz CT molecular complexity index is 1070. The summed E-state index contributed by atoms with van der Waals surface area (Å²) in [7, 11) is -2.11. The summed E-state index contributed by atoms with van der Waals surface area (Å²) in [5, 5.41) is 5.78. The summed E-state index contributed by atoms with van der Waals surface area (Å²) >= 11 is 0. The second-order valence-corrected chi connectivity index (χ2v) is 17.2. The van der Waals surface area contributed by atoms with Gasteiger partial charge in [-0.1, -0.05) is 59.7 Å². The van der Waals surface area contributed by atoms with Gasteiger partial charge in [-0.15, -0.1) is 0 Å². The van der Waals surface area contributed by atoms with Crippen molar-refractivity contribution in [3.63, 3.8) is 0 Å². The van der Waals surface area contributed by atoms with Gasteiger partial charge in [-0.2, -0.15) is 0 Å². The fourth-order valence-corrected chi connectivity index (χ4v) is 4.21. The Morgan fingerprint density at radius 3 is 1.94 bits per heavy atom. The van der Waals surface area contributed by atoms with Gasteiger partial charge in [-0.05, 0) is 68.1 Å². The Morgan fingerprint density at radius 2 is 1.40 bits per heavy atom. The van der Waals surface area contributed by atoms with E-state index in [1.807, 2.05) is 30.3 Å². The van der Waals surface area contributed by atoms with Crippen molar-refractivity contribution in [2.24, 2.45) is 0 Å². The molecule has 0 aliphatic rings. The van der Waals surface area contributed by atoms with Gasteiger partial charge in [0.05, 0.1) is 11.4 Å². The SMILES string of the molecule is CC(C)(C)OC(=O)Nc1ccc(O[Si](C)(C)C(C)(C)C)cc1NC(=O)c1ccccc1C(C)(C)C. The zero-order chi connectivity index (χ0) is 26.8. The Kier molecular flexibility index (Phi) is 8.17. The van der Waals surface area contributed by atoms with E-state index >= 15 is 0 Å². The lowest BCUT2D eigenvalue weighted by atomic mass is 9.83. The van der Waals surface area contributed by atoms with Gasteiger partial charge in [-0.25, -0.2) is 4.79 Å². The Balaban J connectivity index is 2.47. The minimum absolute atomic E-state index is 0.00942. The smallest absolute Gasteiger partial charge is 0.412 e. The Hall–Kier alpha value is -2.80. The van der Waals surface area contributed by atoms with Crippen molar-refractivity contribution in [1.82, 2.24) is 0 Å². The molecule has 0 fully saturated rings. The molecule has 6 nitrogen and oxygen atoms in total. The van der Waals surface area contributed by atoms with Crippen LogP contribution in [0.1, 0.15) is 78.2 Å². The summed E-state index contributed by atoms with van der Waals surface area (Å²) in [6.45, 7) is 22.5. The van der Waals surface area contributed by atoms with Crippen LogP contribution >= 0.6 is 0 Å². The number of hydrogen-bond acceptors (Lipinski definition) is 4. The molecule has 0 atom stereocenters. The first-order valence-electron chi connectivity index (χ1n) is 12.0. The summed E-state index contributed by atoms with van der Waals surface area (Å²) in [6.07, 6.45) is -0.596. The average molecular weight is 499 g/mol. The molecule has 35 heavy (non-hydrogen) atoms. The van der Waals surface area contributed by atoms with E-state index in [0.29, 0.717) is 22.7 Å². The van der Waals surface area contributed by atoms with Crippen molar-refractivity contribution in [3.8, 4) is 5.75 Å². The van der Waals surface area contributed by atoms with E-state index in [1.165, 1.54) is 0 Å². The molecule has 2 aromatic rings. The molecule has 0 saturated carbocycles. The first-order chi connectivity index (χ1) is 15.8. The lowest BCUT2D eigenvalue weighted by molar-refractivity contribution is 0.0635. The lowest BCUT2D eigenvalue weighted by Gasteiger charge is -2.36. The third-order valence-corrected chi connectivity index (χ3v) is 10.4. The third-order valence-electron chi connectivity index (χ3n) is 6.03. The minimum Gasteiger partial charge on any atom is -0.543 e. The van der Waals surface area contributed by atoms with Gasteiger partial charge in [-0.3, -0.25) is 10.1 Å². The predicted molar refractivity (Wildman–Crippen MR) is 147 cm³/mol. The highest BCUT2D eigenvalue weighted by molar-refractivity contribution is 6.74. The van der Waals surface area contributed by atoms with E-state index in [9.17, 15) is 9.59 Å². The highest BCUT2D eigenvalue weighted by atomic mass is 28.4. The third kappa shape index (κ3) is 7.85. The highest BCUT2D eigenvalue weighted by Crippen LogP contribution is 2.39. The molecule has 0 heterocycles. The molecule has 0 aliphatic carbocycles.